The quantitative estimate of drug-likeness (QED) is 0.740. The maximum Gasteiger partial charge on any atom is 0.178 e. The molecule has 2 nitrogen and oxygen atoms in total. The molecule has 0 saturated carbocycles. The molecule has 1 rings (SSSR count). The predicted octanol–water partition coefficient (Wildman–Crippen LogP) is 2.17. The Balaban J connectivity index is 2.79. The lowest BCUT2D eigenvalue weighted by molar-refractivity contribution is 0.101. The van der Waals surface area contributed by atoms with Crippen LogP contribution in [0.2, 0.25) is 0 Å². The van der Waals surface area contributed by atoms with Gasteiger partial charge in [-0.15, -0.1) is 0 Å². The zero-order chi connectivity index (χ0) is 11.4. The standard InChI is InChI=1S/C11H13FO2S/c1-8(2)15(14)7-11(13)9-5-3-4-6-10(9)12/h3-6,8H,7H2,1-2H3. The summed E-state index contributed by atoms with van der Waals surface area (Å²) >= 11 is 0. The Morgan fingerprint density at radius 2 is 2.00 bits per heavy atom. The van der Waals surface area contributed by atoms with Crippen molar-refractivity contribution in [2.24, 2.45) is 0 Å². The van der Waals surface area contributed by atoms with Crippen molar-refractivity contribution in [3.63, 3.8) is 0 Å². The topological polar surface area (TPSA) is 34.1 Å². The van der Waals surface area contributed by atoms with Gasteiger partial charge in [-0.1, -0.05) is 26.0 Å². The van der Waals surface area contributed by atoms with Crippen LogP contribution in [0.1, 0.15) is 24.2 Å². The number of Topliss-reactive ketones (excluding diaryl/α,β-unsaturated/α-hetero) is 1. The van der Waals surface area contributed by atoms with E-state index in [1.54, 1.807) is 19.9 Å². The molecule has 0 heterocycles. The van der Waals surface area contributed by atoms with Gasteiger partial charge in [-0.25, -0.2) is 4.39 Å². The number of hydrogen-bond acceptors (Lipinski definition) is 2. The summed E-state index contributed by atoms with van der Waals surface area (Å²) in [7, 11) is -1.23. The zero-order valence-corrected chi connectivity index (χ0v) is 9.51. The van der Waals surface area contributed by atoms with E-state index in [1.165, 1.54) is 18.2 Å². The molecule has 1 atom stereocenters. The van der Waals surface area contributed by atoms with Crippen LogP contribution in [0.25, 0.3) is 0 Å². The third kappa shape index (κ3) is 3.23. The van der Waals surface area contributed by atoms with Gasteiger partial charge >= 0.3 is 0 Å². The van der Waals surface area contributed by atoms with Crippen LogP contribution in [0.4, 0.5) is 4.39 Å². The number of halogens is 1. The van der Waals surface area contributed by atoms with Crippen molar-refractivity contribution >= 4 is 16.6 Å². The van der Waals surface area contributed by atoms with Crippen molar-refractivity contribution in [3.05, 3.63) is 35.6 Å². The summed E-state index contributed by atoms with van der Waals surface area (Å²) in [5.41, 5.74) is 0.0199. The number of rotatable bonds is 4. The molecule has 0 radical (unpaired) electrons. The van der Waals surface area contributed by atoms with E-state index < -0.39 is 22.4 Å². The van der Waals surface area contributed by atoms with Crippen LogP contribution in [0, 0.1) is 5.82 Å². The second kappa shape index (κ2) is 5.16. The van der Waals surface area contributed by atoms with Crippen molar-refractivity contribution < 1.29 is 13.4 Å². The highest BCUT2D eigenvalue weighted by molar-refractivity contribution is 7.86. The van der Waals surface area contributed by atoms with E-state index in [-0.39, 0.29) is 16.6 Å². The van der Waals surface area contributed by atoms with Gasteiger partial charge in [-0.2, -0.15) is 0 Å². The van der Waals surface area contributed by atoms with E-state index in [0.717, 1.165) is 0 Å². The van der Waals surface area contributed by atoms with E-state index in [1.807, 2.05) is 0 Å². The van der Waals surface area contributed by atoms with E-state index in [9.17, 15) is 13.4 Å². The molecule has 0 spiro atoms. The van der Waals surface area contributed by atoms with Gasteiger partial charge in [0.05, 0.1) is 11.3 Å². The molecule has 0 aliphatic heterocycles. The lowest BCUT2D eigenvalue weighted by atomic mass is 10.1. The molecule has 0 amide bonds. The maximum atomic E-state index is 13.2. The van der Waals surface area contributed by atoms with Gasteiger partial charge in [0.25, 0.3) is 0 Å². The summed E-state index contributed by atoms with van der Waals surface area (Å²) in [6, 6.07) is 5.75. The van der Waals surface area contributed by atoms with Crippen LogP contribution in [-0.4, -0.2) is 21.0 Å². The minimum Gasteiger partial charge on any atom is -0.293 e. The molecule has 1 aromatic carbocycles. The SMILES string of the molecule is CC(C)S(=O)CC(=O)c1ccccc1F. The number of ketones is 1. The van der Waals surface area contributed by atoms with Gasteiger partial charge < -0.3 is 0 Å². The molecule has 0 aliphatic carbocycles. The zero-order valence-electron chi connectivity index (χ0n) is 8.70. The first-order chi connectivity index (χ1) is 7.02. The molecule has 15 heavy (non-hydrogen) atoms. The van der Waals surface area contributed by atoms with Crippen LogP contribution < -0.4 is 0 Å². The Morgan fingerprint density at radius 1 is 1.40 bits per heavy atom. The molecule has 0 bridgehead atoms. The van der Waals surface area contributed by atoms with Crippen molar-refractivity contribution in [2.75, 3.05) is 5.75 Å². The summed E-state index contributed by atoms with van der Waals surface area (Å²) in [5.74, 6) is -1.07. The van der Waals surface area contributed by atoms with E-state index in [4.69, 9.17) is 0 Å². The number of carbonyl (C=O) groups is 1. The molecule has 0 N–H and O–H groups in total. The van der Waals surface area contributed by atoms with Gasteiger partial charge in [0.15, 0.2) is 5.78 Å². The first-order valence-corrected chi connectivity index (χ1v) is 6.05. The fourth-order valence-corrected chi connectivity index (χ4v) is 1.81. The number of benzene rings is 1. The summed E-state index contributed by atoms with van der Waals surface area (Å²) in [6.07, 6.45) is 0. The van der Waals surface area contributed by atoms with Gasteiger partial charge in [-0.05, 0) is 12.1 Å². The molecule has 1 aromatic rings. The minimum atomic E-state index is -1.23. The van der Waals surface area contributed by atoms with Crippen molar-refractivity contribution in [2.45, 2.75) is 19.1 Å². The average molecular weight is 228 g/mol. The normalized spacial score (nSPS) is 12.8. The van der Waals surface area contributed by atoms with Gasteiger partial charge in [0.1, 0.15) is 5.82 Å². The Labute approximate surface area is 91.0 Å². The summed E-state index contributed by atoms with van der Waals surface area (Å²) in [4.78, 5) is 11.5. The van der Waals surface area contributed by atoms with Crippen LogP contribution in [0.5, 0.6) is 0 Å². The molecule has 1 unspecified atom stereocenters. The fourth-order valence-electron chi connectivity index (χ4n) is 1.06. The van der Waals surface area contributed by atoms with Crippen LogP contribution in [0.15, 0.2) is 24.3 Å². The number of hydrogen-bond donors (Lipinski definition) is 0. The predicted molar refractivity (Wildman–Crippen MR) is 58.9 cm³/mol. The van der Waals surface area contributed by atoms with Crippen molar-refractivity contribution in [1.29, 1.82) is 0 Å². The molecule has 82 valence electrons. The number of carbonyl (C=O) groups excluding carboxylic acids is 1. The van der Waals surface area contributed by atoms with Gasteiger partial charge in [0, 0.05) is 16.0 Å². The summed E-state index contributed by atoms with van der Waals surface area (Å²) in [5, 5.41) is -0.0827. The minimum absolute atomic E-state index is 0.0199. The first-order valence-electron chi connectivity index (χ1n) is 4.67. The highest BCUT2D eigenvalue weighted by Gasteiger charge is 2.15. The fraction of sp³-hybridized carbons (Fsp3) is 0.364. The Morgan fingerprint density at radius 3 is 2.53 bits per heavy atom. The van der Waals surface area contributed by atoms with E-state index >= 15 is 0 Å². The summed E-state index contributed by atoms with van der Waals surface area (Å²) < 4.78 is 24.6. The van der Waals surface area contributed by atoms with E-state index in [2.05, 4.69) is 0 Å². The second-order valence-electron chi connectivity index (χ2n) is 3.48. The Hall–Kier alpha value is -1.03. The van der Waals surface area contributed by atoms with Gasteiger partial charge in [-0.3, -0.25) is 9.00 Å². The molecular weight excluding hydrogens is 215 g/mol. The van der Waals surface area contributed by atoms with Crippen molar-refractivity contribution in [1.82, 2.24) is 0 Å². The average Bonchev–Trinajstić information content (AvgIpc) is 2.18. The highest BCUT2D eigenvalue weighted by atomic mass is 32.2. The largest absolute Gasteiger partial charge is 0.293 e. The van der Waals surface area contributed by atoms with Crippen LogP contribution in [-0.2, 0) is 10.8 Å². The van der Waals surface area contributed by atoms with E-state index in [0.29, 0.717) is 0 Å². The van der Waals surface area contributed by atoms with Crippen LogP contribution in [0.3, 0.4) is 0 Å². The molecule has 0 saturated heterocycles. The molecule has 0 aliphatic rings. The Kier molecular flexibility index (Phi) is 4.15. The molecule has 0 fully saturated rings. The molecule has 0 aromatic heterocycles. The van der Waals surface area contributed by atoms with Crippen LogP contribution >= 0.6 is 0 Å². The monoisotopic (exact) mass is 228 g/mol. The summed E-state index contributed by atoms with van der Waals surface area (Å²) in [6.45, 7) is 3.54. The first kappa shape index (κ1) is 12.0. The lowest BCUT2D eigenvalue weighted by Gasteiger charge is -2.05. The Bertz CT molecular complexity index is 388. The highest BCUT2D eigenvalue weighted by Crippen LogP contribution is 2.08. The molecular formula is C11H13FO2S. The molecule has 4 heteroatoms. The third-order valence-corrected chi connectivity index (χ3v) is 3.57. The lowest BCUT2D eigenvalue weighted by Crippen LogP contribution is -2.18. The maximum absolute atomic E-state index is 13.2. The third-order valence-electron chi connectivity index (χ3n) is 1.97. The van der Waals surface area contributed by atoms with Crippen molar-refractivity contribution in [3.8, 4) is 0 Å². The van der Waals surface area contributed by atoms with Gasteiger partial charge in [0.2, 0.25) is 0 Å². The second-order valence-corrected chi connectivity index (χ2v) is 5.47. The smallest absolute Gasteiger partial charge is 0.178 e.